The van der Waals surface area contributed by atoms with E-state index in [0.29, 0.717) is 17.3 Å². The van der Waals surface area contributed by atoms with Gasteiger partial charge in [0.2, 0.25) is 0 Å². The molecule has 2 N–H and O–H groups in total. The fraction of sp³-hybridized carbons (Fsp3) is 0.600. The van der Waals surface area contributed by atoms with Crippen molar-refractivity contribution in [2.75, 3.05) is 34.3 Å². The van der Waals surface area contributed by atoms with Crippen molar-refractivity contribution in [3.63, 3.8) is 0 Å². The summed E-state index contributed by atoms with van der Waals surface area (Å²) in [6.45, 7) is 7.04. The Labute approximate surface area is 128 Å². The van der Waals surface area contributed by atoms with Crippen LogP contribution >= 0.6 is 0 Å². The second-order valence-electron chi connectivity index (χ2n) is 5.62. The molecule has 0 amide bonds. The average molecular weight is 294 g/mol. The van der Waals surface area contributed by atoms with Gasteiger partial charge in [0.25, 0.3) is 0 Å². The molecule has 0 fully saturated rings. The molecular weight excluding hydrogens is 267 g/mol. The van der Waals surface area contributed by atoms with Crippen molar-refractivity contribution in [3.8, 4) is 5.75 Å². The zero-order valence-corrected chi connectivity index (χ0v) is 13.7. The van der Waals surface area contributed by atoms with Gasteiger partial charge in [-0.15, -0.1) is 0 Å². The van der Waals surface area contributed by atoms with E-state index < -0.39 is 7.12 Å². The maximum Gasteiger partial charge on any atom is 0.492 e. The quantitative estimate of drug-likeness (QED) is 0.668. The second kappa shape index (κ2) is 8.39. The van der Waals surface area contributed by atoms with Crippen molar-refractivity contribution in [1.29, 1.82) is 0 Å². The van der Waals surface area contributed by atoms with E-state index in [0.717, 1.165) is 25.2 Å². The Balaban J connectivity index is 2.87. The Kier molecular flexibility index (Phi) is 7.18. The lowest BCUT2D eigenvalue weighted by molar-refractivity contribution is 0.174. The van der Waals surface area contributed by atoms with Crippen molar-refractivity contribution in [3.05, 3.63) is 23.8 Å². The van der Waals surface area contributed by atoms with Crippen LogP contribution in [0.2, 0.25) is 0 Å². The Hall–Kier alpha value is -1.08. The van der Waals surface area contributed by atoms with Crippen LogP contribution < -0.4 is 10.2 Å². The molecule has 1 unspecified atom stereocenters. The molecule has 1 rings (SSSR count). The number of nitrogens with zero attached hydrogens (tertiary/aromatic N) is 2. The van der Waals surface area contributed by atoms with Crippen LogP contribution in [0.3, 0.4) is 0 Å². The van der Waals surface area contributed by atoms with E-state index in [1.54, 1.807) is 12.1 Å². The fourth-order valence-electron chi connectivity index (χ4n) is 2.54. The molecule has 0 aromatic heterocycles. The highest BCUT2D eigenvalue weighted by molar-refractivity contribution is 6.59. The molecule has 0 saturated heterocycles. The molecule has 0 aliphatic rings. The molecule has 6 heteroatoms. The molecule has 118 valence electrons. The van der Waals surface area contributed by atoms with Gasteiger partial charge in [0, 0.05) is 24.6 Å². The number of hydrogen-bond acceptors (Lipinski definition) is 5. The summed E-state index contributed by atoms with van der Waals surface area (Å²) >= 11 is 0. The van der Waals surface area contributed by atoms with Gasteiger partial charge in [0.05, 0.1) is 7.11 Å². The lowest BCUT2D eigenvalue weighted by atomic mass is 9.78. The topological polar surface area (TPSA) is 56.2 Å². The normalized spacial score (nSPS) is 12.8. The number of rotatable bonds is 8. The highest BCUT2D eigenvalue weighted by Gasteiger charge is 2.19. The first-order valence-corrected chi connectivity index (χ1v) is 7.30. The number of likely N-dealkylation sites (N-methyl/N-ethyl adjacent to an activating group) is 2. The van der Waals surface area contributed by atoms with Gasteiger partial charge in [-0.1, -0.05) is 19.1 Å². The molecule has 0 aliphatic carbocycles. The summed E-state index contributed by atoms with van der Waals surface area (Å²) in [6, 6.07) is 5.98. The molecule has 21 heavy (non-hydrogen) atoms. The summed E-state index contributed by atoms with van der Waals surface area (Å²) in [5, 5.41) is 18.9. The van der Waals surface area contributed by atoms with Crippen molar-refractivity contribution in [2.45, 2.75) is 26.4 Å². The number of ether oxygens (including phenoxy) is 1. The number of methoxy groups -OCH3 is 1. The minimum absolute atomic E-state index is 0.409. The van der Waals surface area contributed by atoms with E-state index in [4.69, 9.17) is 4.74 Å². The highest BCUT2D eigenvalue weighted by atomic mass is 16.5. The molecular formula is C15H27BN2O3. The molecule has 1 aromatic rings. The van der Waals surface area contributed by atoms with Crippen molar-refractivity contribution in [2.24, 2.45) is 0 Å². The number of benzene rings is 1. The molecule has 0 aliphatic heterocycles. The van der Waals surface area contributed by atoms with Gasteiger partial charge in [-0.05, 0) is 39.2 Å². The maximum atomic E-state index is 9.43. The van der Waals surface area contributed by atoms with Crippen LogP contribution in [-0.2, 0) is 6.54 Å². The largest absolute Gasteiger partial charge is 0.497 e. The van der Waals surface area contributed by atoms with Gasteiger partial charge in [-0.25, -0.2) is 0 Å². The minimum Gasteiger partial charge on any atom is -0.497 e. The summed E-state index contributed by atoms with van der Waals surface area (Å²) in [7, 11) is 4.14. The third kappa shape index (κ3) is 5.32. The minimum atomic E-state index is -1.52. The van der Waals surface area contributed by atoms with E-state index in [9.17, 15) is 10.0 Å². The Morgan fingerprint density at radius 3 is 2.43 bits per heavy atom. The second-order valence-corrected chi connectivity index (χ2v) is 5.62. The van der Waals surface area contributed by atoms with E-state index >= 15 is 0 Å². The summed E-state index contributed by atoms with van der Waals surface area (Å²) in [5.41, 5.74) is 1.46. The predicted molar refractivity (Wildman–Crippen MR) is 86.9 cm³/mol. The van der Waals surface area contributed by atoms with Gasteiger partial charge < -0.3 is 19.7 Å². The fourth-order valence-corrected chi connectivity index (χ4v) is 2.54. The van der Waals surface area contributed by atoms with E-state index in [2.05, 4.69) is 37.7 Å². The highest BCUT2D eigenvalue weighted by Crippen LogP contribution is 2.13. The molecule has 0 spiro atoms. The van der Waals surface area contributed by atoms with Gasteiger partial charge in [0.1, 0.15) is 5.75 Å². The first-order chi connectivity index (χ1) is 9.88. The van der Waals surface area contributed by atoms with Crippen LogP contribution in [0.5, 0.6) is 5.75 Å². The van der Waals surface area contributed by atoms with Crippen LogP contribution in [0.15, 0.2) is 18.2 Å². The first kappa shape index (κ1) is 18.0. The molecule has 5 nitrogen and oxygen atoms in total. The van der Waals surface area contributed by atoms with E-state index in [1.165, 1.54) is 7.11 Å². The third-order valence-electron chi connectivity index (χ3n) is 3.62. The molecule has 1 aromatic carbocycles. The van der Waals surface area contributed by atoms with E-state index in [1.807, 2.05) is 6.07 Å². The van der Waals surface area contributed by atoms with Crippen LogP contribution in [0.4, 0.5) is 0 Å². The number of hydrogen-bond donors (Lipinski definition) is 2. The molecule has 1 atom stereocenters. The average Bonchev–Trinajstić information content (AvgIpc) is 2.43. The van der Waals surface area contributed by atoms with Crippen molar-refractivity contribution >= 4 is 12.6 Å². The van der Waals surface area contributed by atoms with Crippen molar-refractivity contribution in [1.82, 2.24) is 9.80 Å². The molecule has 0 heterocycles. The standard InChI is InChI=1S/C15H27BN2O3/c1-6-18(12(2)10-17(3)4)11-13-7-8-15(21-5)14(9-13)16(19)20/h7-9,12,19-20H,6,10-11H2,1-5H3. The summed E-state index contributed by atoms with van der Waals surface area (Å²) in [4.78, 5) is 4.53. The summed E-state index contributed by atoms with van der Waals surface area (Å²) in [6.07, 6.45) is 0. The van der Waals surface area contributed by atoms with Crippen LogP contribution in [0.1, 0.15) is 19.4 Å². The van der Waals surface area contributed by atoms with Gasteiger partial charge in [-0.2, -0.15) is 0 Å². The predicted octanol–water partition coefficient (Wildman–Crippen LogP) is 0.147. The smallest absolute Gasteiger partial charge is 0.492 e. The molecule has 0 radical (unpaired) electrons. The lowest BCUT2D eigenvalue weighted by Gasteiger charge is -2.30. The van der Waals surface area contributed by atoms with Crippen LogP contribution in [0, 0.1) is 0 Å². The Morgan fingerprint density at radius 2 is 1.95 bits per heavy atom. The van der Waals surface area contributed by atoms with Gasteiger partial charge in [0.15, 0.2) is 0 Å². The zero-order chi connectivity index (χ0) is 16.0. The lowest BCUT2D eigenvalue weighted by Crippen LogP contribution is -2.40. The van der Waals surface area contributed by atoms with Crippen molar-refractivity contribution < 1.29 is 14.8 Å². The SMILES string of the molecule is CCN(Cc1ccc(OC)c(B(O)O)c1)C(C)CN(C)C. The third-order valence-corrected chi connectivity index (χ3v) is 3.62. The maximum absolute atomic E-state index is 9.43. The van der Waals surface area contributed by atoms with Crippen LogP contribution in [-0.4, -0.2) is 67.3 Å². The van der Waals surface area contributed by atoms with E-state index in [-0.39, 0.29) is 0 Å². The molecule has 0 bridgehead atoms. The molecule has 0 saturated carbocycles. The van der Waals surface area contributed by atoms with Gasteiger partial charge >= 0.3 is 7.12 Å². The van der Waals surface area contributed by atoms with Crippen LogP contribution in [0.25, 0.3) is 0 Å². The first-order valence-electron chi connectivity index (χ1n) is 7.30. The Morgan fingerprint density at radius 1 is 1.29 bits per heavy atom. The van der Waals surface area contributed by atoms with Gasteiger partial charge in [-0.3, -0.25) is 4.90 Å². The monoisotopic (exact) mass is 294 g/mol. The summed E-state index contributed by atoms with van der Waals surface area (Å²) < 4.78 is 5.15. The Bertz CT molecular complexity index is 441. The summed E-state index contributed by atoms with van der Waals surface area (Å²) in [5.74, 6) is 0.498. The zero-order valence-electron chi connectivity index (χ0n) is 13.7.